The summed E-state index contributed by atoms with van der Waals surface area (Å²) in [5.74, 6) is 0. The highest BCUT2D eigenvalue weighted by Crippen LogP contribution is 2.63. The van der Waals surface area contributed by atoms with E-state index in [4.69, 9.17) is 0 Å². The van der Waals surface area contributed by atoms with Crippen LogP contribution in [0.4, 0.5) is 62.6 Å². The number of anilines is 11. The van der Waals surface area contributed by atoms with Crippen molar-refractivity contribution >= 4 is 146 Å². The Bertz CT molecular complexity index is 9580. The van der Waals surface area contributed by atoms with E-state index in [9.17, 15) is 0 Å². The maximum atomic E-state index is 2.59. The normalized spacial score (nSPS) is 14.3. The Kier molecular flexibility index (Phi) is 20.8. The summed E-state index contributed by atoms with van der Waals surface area (Å²) in [7, 11) is 0.217. The monoisotopic (exact) mass is 1930 g/mol. The van der Waals surface area contributed by atoms with Gasteiger partial charge in [-0.1, -0.05) is 479 Å². The van der Waals surface area contributed by atoms with Crippen LogP contribution in [0.15, 0.2) is 491 Å². The first-order valence-electron chi connectivity index (χ1n) is 53.0. The average molecular weight is 1940 g/mol. The first kappa shape index (κ1) is 89.8. The molecule has 3 aliphatic carbocycles. The van der Waals surface area contributed by atoms with Crippen molar-refractivity contribution in [2.24, 2.45) is 0 Å². The van der Waals surface area contributed by atoms with Crippen LogP contribution in [-0.4, -0.2) is 15.1 Å². The van der Waals surface area contributed by atoms with Gasteiger partial charge >= 0.3 is 0 Å². The van der Waals surface area contributed by atoms with Gasteiger partial charge in [-0.3, -0.25) is 0 Å². The number of rotatable bonds is 9. The smallest absolute Gasteiger partial charge is 0.117 e. The minimum absolute atomic E-state index is 0.0795. The van der Waals surface area contributed by atoms with E-state index in [1.165, 1.54) is 282 Å². The molecule has 0 bridgehead atoms. The van der Waals surface area contributed by atoms with E-state index in [-0.39, 0.29) is 16.2 Å². The van der Waals surface area contributed by atoms with E-state index < -0.39 is 8.07 Å². The van der Waals surface area contributed by atoms with Crippen molar-refractivity contribution in [3.63, 3.8) is 0 Å². The van der Waals surface area contributed by atoms with Gasteiger partial charge in [0, 0.05) is 84.8 Å². The lowest BCUT2D eigenvalue weighted by Gasteiger charge is -2.42. The zero-order valence-electron chi connectivity index (χ0n) is 85.8. The van der Waals surface area contributed by atoms with E-state index in [0.29, 0.717) is 0 Å². The zero-order valence-corrected chi connectivity index (χ0v) is 86.8. The molecule has 24 aromatic carbocycles. The van der Waals surface area contributed by atoms with Gasteiger partial charge in [0.1, 0.15) is 8.07 Å². The summed E-state index contributed by atoms with van der Waals surface area (Å²) in [6.45, 7) is 19.3. The first-order chi connectivity index (χ1) is 73.5. The predicted molar refractivity (Wildman–Crippen MR) is 641 cm³/mol. The van der Waals surface area contributed by atoms with E-state index in [2.05, 4.69) is 573 Å². The number of para-hydroxylation sites is 8. The summed E-state index contributed by atoms with van der Waals surface area (Å²) in [6.07, 6.45) is 0.931. The molecule has 150 heavy (non-hydrogen) atoms. The number of fused-ring (bicyclic) bond motifs is 21. The molecule has 30 rings (SSSR count). The number of hydrogen-bond donors (Lipinski definition) is 0. The average Bonchev–Trinajstić information content (AvgIpc) is 0.987. The highest BCUT2D eigenvalue weighted by molar-refractivity contribution is 7.02. The van der Waals surface area contributed by atoms with Crippen LogP contribution >= 0.6 is 0 Å². The van der Waals surface area contributed by atoms with Crippen LogP contribution in [0.25, 0.3) is 165 Å². The number of nitrogens with zero attached hydrogens (tertiary/aromatic N) is 4. The minimum atomic E-state index is -1.96. The fraction of sp³-hybridized carbons (Fsp3) is 0.0897. The molecule has 0 unspecified atom stereocenters. The Morgan fingerprint density at radius 1 is 0.180 bits per heavy atom. The van der Waals surface area contributed by atoms with Crippen LogP contribution < -0.4 is 30.0 Å². The second-order valence-corrected chi connectivity index (χ2v) is 47.8. The molecule has 5 heteroatoms. The van der Waals surface area contributed by atoms with Crippen molar-refractivity contribution in [1.82, 2.24) is 0 Å². The summed E-state index contributed by atoms with van der Waals surface area (Å²) in [4.78, 5) is 9.96. The fourth-order valence-electron chi connectivity index (χ4n) is 27.0. The van der Waals surface area contributed by atoms with Crippen molar-refractivity contribution in [2.75, 3.05) is 26.6 Å². The number of benzene rings is 24. The third kappa shape index (κ3) is 13.7. The quantitative estimate of drug-likeness (QED) is 0.105. The van der Waals surface area contributed by atoms with E-state index in [0.717, 1.165) is 6.42 Å². The second kappa shape index (κ2) is 34.7. The van der Waals surface area contributed by atoms with Crippen molar-refractivity contribution in [2.45, 2.75) is 77.3 Å². The van der Waals surface area contributed by atoms with Gasteiger partial charge in [-0.15, -0.1) is 0 Å². The molecule has 0 saturated carbocycles. The molecule has 4 nitrogen and oxygen atoms in total. The van der Waals surface area contributed by atoms with E-state index >= 15 is 0 Å². The third-order valence-corrected chi connectivity index (χ3v) is 37.6. The molecule has 0 amide bonds. The van der Waals surface area contributed by atoms with Crippen molar-refractivity contribution in [3.8, 4) is 100 Å². The molecule has 0 saturated heterocycles. The summed E-state index contributed by atoms with van der Waals surface area (Å²) >= 11 is 0. The molecule has 0 radical (unpaired) electrons. The van der Waals surface area contributed by atoms with Crippen LogP contribution in [0.2, 0.25) is 13.1 Å². The number of hydrogen-bond acceptors (Lipinski definition) is 4. The highest BCUT2D eigenvalue weighted by atomic mass is 28.3. The molecule has 24 aromatic rings. The molecule has 0 fully saturated rings. The summed E-state index contributed by atoms with van der Waals surface area (Å²) in [5.41, 5.74) is 47.6. The van der Waals surface area contributed by atoms with E-state index in [1.54, 1.807) is 0 Å². The van der Waals surface area contributed by atoms with Gasteiger partial charge in [-0.2, -0.15) is 0 Å². The fourth-order valence-corrected chi connectivity index (χ4v) is 30.0. The lowest BCUT2D eigenvalue weighted by atomic mass is 9.81. The predicted octanol–water partition coefficient (Wildman–Crippen LogP) is 38.4. The SMILES string of the molecule is CC1(C)c2ccccc2-c2c(-c3c4ccccc4c(N4c5ccccc5Cc5ccccc54)c4ccc(-c5ccccc5)cc34)cccc21.CC1(C)c2ccccc2-c2c(-c3c4ccccc4c(N4c5ccccc5[Si](C)(C)c5ccccc54)c4ccc(-c5ccccc5)cc34)cccc21.CN1c2ccccc2N(c2c3ccccc3c(-c3cccc4c3-c3ccccc3C4(C)C)c3cc(-c4ccccc4)ccc23)c2ccccc21. The molecule has 714 valence electrons. The van der Waals surface area contributed by atoms with Gasteiger partial charge in [-0.25, -0.2) is 0 Å². The Morgan fingerprint density at radius 3 is 0.760 bits per heavy atom. The lowest BCUT2D eigenvalue weighted by Crippen LogP contribution is -2.58. The van der Waals surface area contributed by atoms with Crippen LogP contribution in [0.3, 0.4) is 0 Å². The highest BCUT2D eigenvalue weighted by Gasteiger charge is 2.45. The molecule has 3 heterocycles. The summed E-state index contributed by atoms with van der Waals surface area (Å²) in [5, 5.41) is 18.1. The third-order valence-electron chi connectivity index (χ3n) is 34.1. The van der Waals surface area contributed by atoms with Crippen LogP contribution in [0.1, 0.15) is 86.1 Å². The van der Waals surface area contributed by atoms with E-state index in [1.807, 2.05) is 0 Å². The molecule has 3 aliphatic heterocycles. The van der Waals surface area contributed by atoms with Crippen LogP contribution in [0, 0.1) is 0 Å². The molecular weight excluding hydrogens is 1830 g/mol. The summed E-state index contributed by atoms with van der Waals surface area (Å²) < 4.78 is 0. The van der Waals surface area contributed by atoms with Crippen LogP contribution in [-0.2, 0) is 22.7 Å². The van der Waals surface area contributed by atoms with Crippen molar-refractivity contribution in [3.05, 3.63) is 536 Å². The van der Waals surface area contributed by atoms with Gasteiger partial charge in [0.25, 0.3) is 0 Å². The standard InChI is InChI=1S/C49H39NSi.C48H36N2.C48H35N/c1-49(2)40-23-11-10-21-37(40)47-38(22-16-24-41(47)49)46-34-19-8-9-20-35(34)48(36-30-29-33(31-39(36)46)32-17-6-5-7-18-32)50-42-25-12-14-27-44(42)51(3,4)45-28-15-13-26-43(45)50;1-48(2)39-22-10-9-20-36(39)46-37(21-15-23-40(46)48)45-33-18-7-8-19-34(33)47(35-29-28-32(30-38(35)45)31-16-5-4-6-17-31)50-43-26-13-11-24-41(43)49(3)42-25-12-14-27-44(42)50;1-48(2)41-23-11-10-21-38(41)46-39(22-14-24-42(46)48)45-35-19-8-9-20-36(35)47(37-28-27-32(30-40(37)45)31-15-4-3-5-16-31)49-43-25-12-6-17-33(43)29-34-18-7-13-26-44(34)49/h5-31H,1-4H3;4-30H,1-3H3;3-28,30H,29H2,1-2H3. The van der Waals surface area contributed by atoms with Gasteiger partial charge in [0.05, 0.1) is 39.8 Å². The van der Waals surface area contributed by atoms with Crippen molar-refractivity contribution < 1.29 is 0 Å². The molecule has 0 atom stereocenters. The topological polar surface area (TPSA) is 13.0 Å². The lowest BCUT2D eigenvalue weighted by molar-refractivity contribution is 0.660. The van der Waals surface area contributed by atoms with Crippen molar-refractivity contribution in [1.29, 1.82) is 0 Å². The van der Waals surface area contributed by atoms with Gasteiger partial charge < -0.3 is 19.6 Å². The molecule has 0 aromatic heterocycles. The second-order valence-electron chi connectivity index (χ2n) is 43.5. The Balaban J connectivity index is 0.000000108. The largest absolute Gasteiger partial charge is 0.341 e. The molecule has 0 N–H and O–H groups in total. The zero-order chi connectivity index (χ0) is 101. The summed E-state index contributed by atoms with van der Waals surface area (Å²) in [6, 6.07) is 183. The maximum Gasteiger partial charge on any atom is 0.117 e. The van der Waals surface area contributed by atoms with Crippen LogP contribution in [0.5, 0.6) is 0 Å². The maximum absolute atomic E-state index is 2.59. The minimum Gasteiger partial charge on any atom is -0.341 e. The Hall–Kier alpha value is -17.7. The van der Waals surface area contributed by atoms with Gasteiger partial charge in [-0.05, 0) is 254 Å². The van der Waals surface area contributed by atoms with Gasteiger partial charge in [0.15, 0.2) is 0 Å². The molecule has 6 aliphatic rings. The Morgan fingerprint density at radius 2 is 0.420 bits per heavy atom. The molecule has 0 spiro atoms. The molecular formula is C145H110N4Si. The van der Waals surface area contributed by atoms with Gasteiger partial charge in [0.2, 0.25) is 0 Å². The first-order valence-corrected chi connectivity index (χ1v) is 56.0. The Labute approximate surface area is 879 Å².